The van der Waals surface area contributed by atoms with Crippen molar-refractivity contribution in [1.82, 2.24) is 9.62 Å². The van der Waals surface area contributed by atoms with Crippen molar-refractivity contribution in [3.63, 3.8) is 0 Å². The lowest BCUT2D eigenvalue weighted by molar-refractivity contribution is 0.0766. The number of anilines is 1. The Bertz CT molecular complexity index is 1050. The molecule has 1 N–H and O–H groups in total. The number of methoxy groups -OCH3 is 1. The first-order valence-corrected chi connectivity index (χ1v) is 12.8. The molecule has 2 aromatic rings. The van der Waals surface area contributed by atoms with Crippen LogP contribution in [0.15, 0.2) is 53.4 Å². The number of carbonyl (C=O) groups excluding carboxylic acids is 1. The predicted octanol–water partition coefficient (Wildman–Crippen LogP) is 2.50. The molecule has 2 fully saturated rings. The van der Waals surface area contributed by atoms with Gasteiger partial charge >= 0.3 is 0 Å². The molecule has 2 heterocycles. The molecule has 9 heteroatoms. The molecule has 0 aromatic heterocycles. The Morgan fingerprint density at radius 2 is 1.91 bits per heavy atom. The van der Waals surface area contributed by atoms with Gasteiger partial charge in [0.2, 0.25) is 10.0 Å². The number of hydrogen-bond donors (Lipinski definition) is 1. The highest BCUT2D eigenvalue weighted by molar-refractivity contribution is 7.89. The van der Waals surface area contributed by atoms with Gasteiger partial charge in [-0.1, -0.05) is 6.07 Å². The molecule has 0 radical (unpaired) electrons. The summed E-state index contributed by atoms with van der Waals surface area (Å²) >= 11 is 0. The highest BCUT2D eigenvalue weighted by atomic mass is 32.2. The fourth-order valence-electron chi connectivity index (χ4n) is 4.24. The van der Waals surface area contributed by atoms with E-state index in [1.165, 1.54) is 12.1 Å². The van der Waals surface area contributed by atoms with Crippen molar-refractivity contribution in [2.24, 2.45) is 0 Å². The van der Waals surface area contributed by atoms with Crippen LogP contribution in [0.5, 0.6) is 5.75 Å². The topological polar surface area (TPSA) is 88.2 Å². The fourth-order valence-corrected chi connectivity index (χ4v) is 5.35. The maximum absolute atomic E-state index is 13.2. The van der Waals surface area contributed by atoms with Gasteiger partial charge in [-0.3, -0.25) is 4.79 Å². The van der Waals surface area contributed by atoms with Gasteiger partial charge in [-0.05, 0) is 61.7 Å². The highest BCUT2D eigenvalue weighted by Crippen LogP contribution is 2.22. The first kappa shape index (κ1) is 23.5. The summed E-state index contributed by atoms with van der Waals surface area (Å²) in [6.07, 6.45) is 2.54. The molecule has 2 saturated heterocycles. The molecule has 8 nitrogen and oxygen atoms in total. The number of ether oxygens (including phenoxy) is 2. The number of sulfonamides is 1. The zero-order chi connectivity index (χ0) is 23.3. The van der Waals surface area contributed by atoms with Crippen LogP contribution in [-0.4, -0.2) is 71.8 Å². The van der Waals surface area contributed by atoms with Gasteiger partial charge in [0.15, 0.2) is 0 Å². The van der Waals surface area contributed by atoms with Crippen molar-refractivity contribution in [3.8, 4) is 5.75 Å². The molecule has 2 aliphatic rings. The van der Waals surface area contributed by atoms with E-state index in [1.54, 1.807) is 24.1 Å². The van der Waals surface area contributed by atoms with Crippen molar-refractivity contribution in [3.05, 3.63) is 54.1 Å². The number of hydrogen-bond acceptors (Lipinski definition) is 6. The minimum absolute atomic E-state index is 0.0877. The molecule has 2 aliphatic heterocycles. The van der Waals surface area contributed by atoms with Crippen LogP contribution in [0.4, 0.5) is 5.69 Å². The largest absolute Gasteiger partial charge is 0.497 e. The molecule has 4 rings (SSSR count). The second kappa shape index (κ2) is 10.5. The van der Waals surface area contributed by atoms with E-state index in [0.717, 1.165) is 37.2 Å². The van der Waals surface area contributed by atoms with E-state index < -0.39 is 10.0 Å². The number of nitrogens with zero attached hydrogens (tertiary/aromatic N) is 2. The summed E-state index contributed by atoms with van der Waals surface area (Å²) in [6.45, 7) is 3.66. The van der Waals surface area contributed by atoms with Crippen molar-refractivity contribution < 1.29 is 22.7 Å². The molecule has 0 bridgehead atoms. The van der Waals surface area contributed by atoms with Crippen LogP contribution in [0.1, 0.15) is 29.6 Å². The standard InChI is InChI=1S/C24H31N3O5S/c1-31-21-10-8-20(9-11-21)26-12-4-13-27(15-14-26)24(28)19-5-2-7-23(17-19)33(29,30)25-18-22-6-3-16-32-22/h2,5,7-11,17,22,25H,3-4,6,12-16,18H2,1H3. The summed E-state index contributed by atoms with van der Waals surface area (Å²) < 4.78 is 38.8. The van der Waals surface area contributed by atoms with E-state index in [-0.39, 0.29) is 23.5 Å². The van der Waals surface area contributed by atoms with Crippen molar-refractivity contribution in [1.29, 1.82) is 0 Å². The van der Waals surface area contributed by atoms with Crippen LogP contribution in [0, 0.1) is 0 Å². The van der Waals surface area contributed by atoms with E-state index in [0.29, 0.717) is 31.8 Å². The molecule has 1 atom stereocenters. The SMILES string of the molecule is COc1ccc(N2CCCN(C(=O)c3cccc(S(=O)(=O)NCC4CCCO4)c3)CC2)cc1. The summed E-state index contributed by atoms with van der Waals surface area (Å²) in [5.41, 5.74) is 1.48. The molecule has 178 valence electrons. The predicted molar refractivity (Wildman–Crippen MR) is 126 cm³/mol. The van der Waals surface area contributed by atoms with Crippen molar-refractivity contribution >= 4 is 21.6 Å². The number of amides is 1. The summed E-state index contributed by atoms with van der Waals surface area (Å²) in [6, 6.07) is 14.2. The second-order valence-corrected chi connectivity index (χ2v) is 10.1. The minimum atomic E-state index is -3.71. The van der Waals surface area contributed by atoms with Crippen LogP contribution in [0.25, 0.3) is 0 Å². The molecule has 0 saturated carbocycles. The molecule has 0 aliphatic carbocycles. The van der Waals surface area contributed by atoms with E-state index in [9.17, 15) is 13.2 Å². The van der Waals surface area contributed by atoms with E-state index in [1.807, 2.05) is 24.3 Å². The third kappa shape index (κ3) is 5.85. The van der Waals surface area contributed by atoms with Gasteiger partial charge in [-0.25, -0.2) is 13.1 Å². The number of rotatable bonds is 7. The molecular weight excluding hydrogens is 442 g/mol. The van der Waals surface area contributed by atoms with Gasteiger partial charge in [-0.15, -0.1) is 0 Å². The lowest BCUT2D eigenvalue weighted by Crippen LogP contribution is -2.35. The number of benzene rings is 2. The van der Waals surface area contributed by atoms with Gasteiger partial charge in [-0.2, -0.15) is 0 Å². The quantitative estimate of drug-likeness (QED) is 0.665. The van der Waals surface area contributed by atoms with E-state index >= 15 is 0 Å². The first-order valence-electron chi connectivity index (χ1n) is 11.4. The Morgan fingerprint density at radius 1 is 1.09 bits per heavy atom. The molecule has 0 spiro atoms. The van der Waals surface area contributed by atoms with Crippen LogP contribution < -0.4 is 14.4 Å². The first-order chi connectivity index (χ1) is 16.0. The minimum Gasteiger partial charge on any atom is -0.497 e. The molecule has 1 amide bonds. The van der Waals surface area contributed by atoms with Gasteiger partial charge in [0.05, 0.1) is 18.1 Å². The average molecular weight is 474 g/mol. The summed E-state index contributed by atoms with van der Waals surface area (Å²) in [5, 5.41) is 0. The van der Waals surface area contributed by atoms with Gasteiger partial charge in [0, 0.05) is 50.6 Å². The Hall–Kier alpha value is -2.62. The van der Waals surface area contributed by atoms with Crippen molar-refractivity contribution in [2.75, 3.05) is 51.3 Å². The number of nitrogens with one attached hydrogen (secondary N) is 1. The van der Waals surface area contributed by atoms with Gasteiger partial charge in [0.25, 0.3) is 5.91 Å². The maximum Gasteiger partial charge on any atom is 0.253 e. The third-order valence-electron chi connectivity index (χ3n) is 6.14. The normalized spacial score (nSPS) is 19.4. The van der Waals surface area contributed by atoms with Gasteiger partial charge in [0.1, 0.15) is 5.75 Å². The lowest BCUT2D eigenvalue weighted by Gasteiger charge is -2.24. The Morgan fingerprint density at radius 3 is 2.64 bits per heavy atom. The van der Waals surface area contributed by atoms with Gasteiger partial charge < -0.3 is 19.3 Å². The molecular formula is C24H31N3O5S. The van der Waals surface area contributed by atoms with E-state index in [4.69, 9.17) is 9.47 Å². The Labute approximate surface area is 195 Å². The summed E-state index contributed by atoms with van der Waals surface area (Å²) in [4.78, 5) is 17.3. The van der Waals surface area contributed by atoms with Crippen LogP contribution >= 0.6 is 0 Å². The van der Waals surface area contributed by atoms with Crippen LogP contribution in [0.2, 0.25) is 0 Å². The van der Waals surface area contributed by atoms with Crippen LogP contribution in [0.3, 0.4) is 0 Å². The van der Waals surface area contributed by atoms with Crippen molar-refractivity contribution in [2.45, 2.75) is 30.3 Å². The maximum atomic E-state index is 13.2. The zero-order valence-electron chi connectivity index (χ0n) is 18.9. The average Bonchev–Trinajstić information content (AvgIpc) is 3.25. The third-order valence-corrected chi connectivity index (χ3v) is 7.56. The Kier molecular flexibility index (Phi) is 7.52. The fraction of sp³-hybridized carbons (Fsp3) is 0.458. The molecule has 1 unspecified atom stereocenters. The van der Waals surface area contributed by atoms with Crippen LogP contribution in [-0.2, 0) is 14.8 Å². The molecule has 2 aromatic carbocycles. The summed E-state index contributed by atoms with van der Waals surface area (Å²) in [5.74, 6) is 0.660. The number of carbonyl (C=O) groups is 1. The Balaban J connectivity index is 1.40. The monoisotopic (exact) mass is 473 g/mol. The zero-order valence-corrected chi connectivity index (χ0v) is 19.7. The summed E-state index contributed by atoms with van der Waals surface area (Å²) in [7, 11) is -2.07. The molecule has 33 heavy (non-hydrogen) atoms. The second-order valence-electron chi connectivity index (χ2n) is 8.35. The lowest BCUT2D eigenvalue weighted by atomic mass is 10.2. The van der Waals surface area contributed by atoms with E-state index in [2.05, 4.69) is 9.62 Å². The smallest absolute Gasteiger partial charge is 0.253 e. The highest BCUT2D eigenvalue weighted by Gasteiger charge is 2.24.